The van der Waals surface area contributed by atoms with E-state index in [9.17, 15) is 9.18 Å². The number of nitrogens with zero attached hydrogens (tertiary/aromatic N) is 1. The molecule has 2 aliphatic rings. The van der Waals surface area contributed by atoms with Gasteiger partial charge in [-0.05, 0) is 30.2 Å². The molecular formula is C25H19FN2OS. The number of halogens is 1. The van der Waals surface area contributed by atoms with Crippen LogP contribution < -0.4 is 5.32 Å². The van der Waals surface area contributed by atoms with Crippen LogP contribution in [0.4, 0.5) is 4.39 Å². The van der Waals surface area contributed by atoms with E-state index in [1.54, 1.807) is 6.07 Å². The fourth-order valence-electron chi connectivity index (χ4n) is 3.86. The minimum Gasteiger partial charge on any atom is -0.334 e. The number of aliphatic imine (C=N–C) groups is 1. The normalized spacial score (nSPS) is 17.3. The quantitative estimate of drug-likeness (QED) is 0.600. The van der Waals surface area contributed by atoms with E-state index >= 15 is 0 Å². The van der Waals surface area contributed by atoms with Gasteiger partial charge in [-0.1, -0.05) is 78.0 Å². The van der Waals surface area contributed by atoms with Crippen LogP contribution in [0.1, 0.15) is 38.7 Å². The highest BCUT2D eigenvalue weighted by Crippen LogP contribution is 2.43. The first-order valence-corrected chi connectivity index (χ1v) is 10.8. The van der Waals surface area contributed by atoms with Crippen molar-refractivity contribution in [3.05, 3.63) is 112 Å². The number of aryl methyl sites for hydroxylation is 1. The summed E-state index contributed by atoms with van der Waals surface area (Å²) in [6, 6.07) is 22.0. The number of thioether (sulfide) groups is 1. The maximum atomic E-state index is 13.5. The predicted octanol–water partition coefficient (Wildman–Crippen LogP) is 5.68. The molecule has 0 radical (unpaired) electrons. The molecule has 0 bridgehead atoms. The molecule has 1 N–H and O–H groups in total. The molecule has 1 heterocycles. The van der Waals surface area contributed by atoms with Gasteiger partial charge in [0.25, 0.3) is 0 Å². The largest absolute Gasteiger partial charge is 0.334 e. The second-order valence-electron chi connectivity index (χ2n) is 7.45. The molecule has 5 heteroatoms. The number of hydrogen-bond acceptors (Lipinski definition) is 4. The van der Waals surface area contributed by atoms with E-state index in [1.807, 2.05) is 61.5 Å². The van der Waals surface area contributed by atoms with Gasteiger partial charge in [0.05, 0.1) is 11.3 Å². The molecule has 3 aromatic carbocycles. The number of nitrogens with one attached hydrogen (secondary N) is 1. The minimum atomic E-state index is -0.364. The second kappa shape index (κ2) is 7.58. The molecule has 148 valence electrons. The Morgan fingerprint density at radius 3 is 2.53 bits per heavy atom. The zero-order valence-corrected chi connectivity index (χ0v) is 17.2. The monoisotopic (exact) mass is 414 g/mol. The first-order valence-electron chi connectivity index (χ1n) is 9.77. The molecule has 0 saturated carbocycles. The van der Waals surface area contributed by atoms with E-state index < -0.39 is 0 Å². The number of ketones is 1. The van der Waals surface area contributed by atoms with Crippen molar-refractivity contribution in [1.82, 2.24) is 5.32 Å². The lowest BCUT2D eigenvalue weighted by Gasteiger charge is -2.24. The zero-order valence-electron chi connectivity index (χ0n) is 16.4. The first-order chi connectivity index (χ1) is 14.6. The second-order valence-corrected chi connectivity index (χ2v) is 8.42. The van der Waals surface area contributed by atoms with Gasteiger partial charge in [0.15, 0.2) is 11.0 Å². The molecule has 0 spiro atoms. The molecule has 3 aromatic rings. The average Bonchev–Trinajstić information content (AvgIpc) is 3.05. The Morgan fingerprint density at radius 2 is 1.77 bits per heavy atom. The topological polar surface area (TPSA) is 41.5 Å². The zero-order chi connectivity index (χ0) is 20.7. The molecule has 1 aliphatic carbocycles. The van der Waals surface area contributed by atoms with Crippen molar-refractivity contribution in [3.63, 3.8) is 0 Å². The summed E-state index contributed by atoms with van der Waals surface area (Å²) in [7, 11) is 0. The fraction of sp³-hybridized carbons (Fsp3) is 0.120. The van der Waals surface area contributed by atoms with Gasteiger partial charge >= 0.3 is 0 Å². The third-order valence-corrected chi connectivity index (χ3v) is 6.32. The molecule has 5 rings (SSSR count). The van der Waals surface area contributed by atoms with E-state index in [0.717, 1.165) is 33.1 Å². The van der Waals surface area contributed by atoms with Gasteiger partial charge < -0.3 is 5.32 Å². The van der Waals surface area contributed by atoms with Gasteiger partial charge in [-0.3, -0.25) is 4.79 Å². The summed E-state index contributed by atoms with van der Waals surface area (Å²) in [6.45, 7) is 2.04. The first kappa shape index (κ1) is 18.8. The molecule has 0 fully saturated rings. The van der Waals surface area contributed by atoms with Crippen molar-refractivity contribution in [2.45, 2.75) is 18.7 Å². The van der Waals surface area contributed by atoms with Crippen molar-refractivity contribution in [3.8, 4) is 0 Å². The van der Waals surface area contributed by atoms with Crippen LogP contribution in [-0.2, 0) is 5.75 Å². The Hall–Kier alpha value is -3.18. The van der Waals surface area contributed by atoms with Crippen LogP contribution in [0.2, 0.25) is 0 Å². The summed E-state index contributed by atoms with van der Waals surface area (Å²) in [5, 5.41) is 4.11. The number of carbonyl (C=O) groups is 1. The summed E-state index contributed by atoms with van der Waals surface area (Å²) >= 11 is 1.51. The summed E-state index contributed by atoms with van der Waals surface area (Å²) in [5.41, 5.74) is 6.17. The van der Waals surface area contributed by atoms with E-state index in [0.29, 0.717) is 16.9 Å². The number of Topliss-reactive ketones (excluding diaryl/α,β-unsaturated/α-hetero) is 1. The highest BCUT2D eigenvalue weighted by Gasteiger charge is 2.38. The van der Waals surface area contributed by atoms with Gasteiger partial charge in [-0.25, -0.2) is 9.38 Å². The number of hydrogen-bond donors (Lipinski definition) is 1. The maximum absolute atomic E-state index is 13.5. The van der Waals surface area contributed by atoms with Crippen molar-refractivity contribution >= 4 is 28.4 Å². The van der Waals surface area contributed by atoms with Crippen LogP contribution in [-0.4, -0.2) is 11.0 Å². The SMILES string of the molecule is Cc1ccc(C2N=C(SCc3cccc(F)c3)NC3=C2C(=O)c2ccccc23)cc1. The molecular weight excluding hydrogens is 395 g/mol. The van der Waals surface area contributed by atoms with Crippen LogP contribution in [0, 0.1) is 12.7 Å². The average molecular weight is 415 g/mol. The van der Waals surface area contributed by atoms with Gasteiger partial charge in [0.1, 0.15) is 11.9 Å². The molecule has 0 aromatic heterocycles. The lowest BCUT2D eigenvalue weighted by atomic mass is 9.95. The molecule has 0 saturated heterocycles. The Labute approximate surface area is 178 Å². The number of benzene rings is 3. The van der Waals surface area contributed by atoms with Crippen LogP contribution in [0.25, 0.3) is 5.70 Å². The summed E-state index contributed by atoms with van der Waals surface area (Å²) < 4.78 is 13.5. The number of amidine groups is 1. The van der Waals surface area contributed by atoms with Gasteiger partial charge in [0.2, 0.25) is 0 Å². The van der Waals surface area contributed by atoms with E-state index in [2.05, 4.69) is 5.32 Å². The number of carbonyl (C=O) groups excluding carboxylic acids is 1. The molecule has 30 heavy (non-hydrogen) atoms. The lowest BCUT2D eigenvalue weighted by molar-refractivity contribution is 0.103. The van der Waals surface area contributed by atoms with Crippen LogP contribution in [0.15, 0.2) is 83.4 Å². The summed E-state index contributed by atoms with van der Waals surface area (Å²) in [5.74, 6) is 0.365. The number of fused-ring (bicyclic) bond motifs is 2. The Bertz CT molecular complexity index is 1210. The van der Waals surface area contributed by atoms with Gasteiger partial charge in [-0.15, -0.1) is 0 Å². The van der Waals surface area contributed by atoms with Crippen molar-refractivity contribution in [2.24, 2.45) is 4.99 Å². The Balaban J connectivity index is 1.52. The van der Waals surface area contributed by atoms with Gasteiger partial charge in [0, 0.05) is 16.9 Å². The standard InChI is InChI=1S/C25H19FN2OS/c1-15-9-11-17(12-10-15)22-21-23(19-7-2-3-8-20(19)24(21)29)28-25(27-22)30-14-16-5-4-6-18(26)13-16/h2-13,22H,14H2,1H3,(H,27,28). The van der Waals surface area contributed by atoms with Crippen LogP contribution in [0.5, 0.6) is 0 Å². The summed E-state index contributed by atoms with van der Waals surface area (Å²) in [4.78, 5) is 18.1. The highest BCUT2D eigenvalue weighted by molar-refractivity contribution is 8.13. The molecule has 0 amide bonds. The van der Waals surface area contributed by atoms with E-state index in [4.69, 9.17) is 4.99 Å². The Kier molecular flexibility index (Phi) is 4.75. The predicted molar refractivity (Wildman–Crippen MR) is 120 cm³/mol. The third kappa shape index (κ3) is 3.35. The number of rotatable bonds is 3. The van der Waals surface area contributed by atoms with Crippen molar-refractivity contribution in [1.29, 1.82) is 0 Å². The van der Waals surface area contributed by atoms with E-state index in [-0.39, 0.29) is 17.6 Å². The van der Waals surface area contributed by atoms with E-state index in [1.165, 1.54) is 23.9 Å². The highest BCUT2D eigenvalue weighted by atomic mass is 32.2. The summed E-state index contributed by atoms with van der Waals surface area (Å²) in [6.07, 6.45) is 0. The van der Waals surface area contributed by atoms with Crippen molar-refractivity contribution in [2.75, 3.05) is 0 Å². The Morgan fingerprint density at radius 1 is 1.00 bits per heavy atom. The van der Waals surface area contributed by atoms with Crippen molar-refractivity contribution < 1.29 is 9.18 Å². The third-order valence-electron chi connectivity index (χ3n) is 5.36. The molecule has 1 atom stereocenters. The van der Waals surface area contributed by atoms with Crippen LogP contribution >= 0.6 is 11.8 Å². The minimum absolute atomic E-state index is 0.0246. The molecule has 1 unspecified atom stereocenters. The smallest absolute Gasteiger partial charge is 0.194 e. The fourth-order valence-corrected chi connectivity index (χ4v) is 4.70. The molecule has 3 nitrogen and oxygen atoms in total. The maximum Gasteiger partial charge on any atom is 0.194 e. The lowest BCUT2D eigenvalue weighted by Crippen LogP contribution is -2.26. The van der Waals surface area contributed by atoms with Gasteiger partial charge in [-0.2, -0.15) is 0 Å². The molecule has 1 aliphatic heterocycles. The van der Waals surface area contributed by atoms with Crippen LogP contribution in [0.3, 0.4) is 0 Å².